The molecule has 0 aromatic heterocycles. The number of hydrogen-bond acceptors (Lipinski definition) is 6. The van der Waals surface area contributed by atoms with Crippen LogP contribution in [0.4, 0.5) is 5.69 Å². The molecule has 4 amide bonds. The molecule has 0 spiro atoms. The summed E-state index contributed by atoms with van der Waals surface area (Å²) in [4.78, 5) is 60.0. The summed E-state index contributed by atoms with van der Waals surface area (Å²) in [7, 11) is 1.42. The maximum atomic E-state index is 13.0. The highest BCUT2D eigenvalue weighted by molar-refractivity contribution is 6.25. The van der Waals surface area contributed by atoms with Crippen molar-refractivity contribution >= 4 is 36.1 Å². The van der Waals surface area contributed by atoms with Gasteiger partial charge in [0, 0.05) is 32.2 Å². The fourth-order valence-corrected chi connectivity index (χ4v) is 3.31. The van der Waals surface area contributed by atoms with E-state index in [0.29, 0.717) is 31.5 Å². The highest BCUT2D eigenvalue weighted by atomic mass is 16.2. The summed E-state index contributed by atoms with van der Waals surface area (Å²) in [5, 5.41) is 8.24. The third kappa shape index (κ3) is 5.18. The maximum absolute atomic E-state index is 13.0. The van der Waals surface area contributed by atoms with Crippen LogP contribution in [0.1, 0.15) is 52.8 Å². The standard InChI is InChI=1S/C20H26N4O5/c1-21-18(27)16(9-6-12-25)24-19(28)14-7-5-8-15(17(14)20(24)29)23-11-4-2-3-10-22-13-26/h5,7-8,12-13,16,23H,2-4,6,9-11H2,1H3,(H,21,27)(H,22,26). The Labute approximate surface area is 169 Å². The van der Waals surface area contributed by atoms with Gasteiger partial charge in [0.1, 0.15) is 12.3 Å². The van der Waals surface area contributed by atoms with Crippen molar-refractivity contribution in [1.82, 2.24) is 15.5 Å². The smallest absolute Gasteiger partial charge is 0.264 e. The van der Waals surface area contributed by atoms with Gasteiger partial charge in [-0.1, -0.05) is 6.07 Å². The van der Waals surface area contributed by atoms with Gasteiger partial charge in [0.25, 0.3) is 11.8 Å². The third-order valence-electron chi connectivity index (χ3n) is 4.76. The molecule has 29 heavy (non-hydrogen) atoms. The number of hydrogen-bond donors (Lipinski definition) is 3. The van der Waals surface area contributed by atoms with E-state index in [0.717, 1.165) is 24.2 Å². The van der Waals surface area contributed by atoms with Crippen LogP contribution < -0.4 is 16.0 Å². The summed E-state index contributed by atoms with van der Waals surface area (Å²) in [6.07, 6.45) is 4.04. The van der Waals surface area contributed by atoms with Gasteiger partial charge in [0.05, 0.1) is 11.1 Å². The molecule has 1 aromatic carbocycles. The first-order valence-corrected chi connectivity index (χ1v) is 9.63. The van der Waals surface area contributed by atoms with Gasteiger partial charge in [-0.25, -0.2) is 0 Å². The minimum atomic E-state index is -1.03. The molecular formula is C20H26N4O5. The Balaban J connectivity index is 2.12. The zero-order valence-corrected chi connectivity index (χ0v) is 16.4. The molecular weight excluding hydrogens is 376 g/mol. The Kier molecular flexibility index (Phi) is 8.32. The van der Waals surface area contributed by atoms with E-state index in [9.17, 15) is 24.0 Å². The molecule has 1 aliphatic heterocycles. The van der Waals surface area contributed by atoms with Crippen molar-refractivity contribution in [2.24, 2.45) is 0 Å². The average molecular weight is 402 g/mol. The number of nitrogens with one attached hydrogen (secondary N) is 3. The van der Waals surface area contributed by atoms with E-state index in [-0.39, 0.29) is 24.0 Å². The lowest BCUT2D eigenvalue weighted by atomic mass is 10.1. The molecule has 9 nitrogen and oxygen atoms in total. The van der Waals surface area contributed by atoms with Crippen molar-refractivity contribution in [2.45, 2.75) is 38.1 Å². The molecule has 1 heterocycles. The SMILES string of the molecule is CNC(=O)C(CCC=O)N1C(=O)c2cccc(NCCCCCNC=O)c2C1=O. The minimum Gasteiger partial charge on any atom is -0.384 e. The number of imide groups is 1. The van der Waals surface area contributed by atoms with Gasteiger partial charge in [-0.05, 0) is 37.8 Å². The molecule has 0 bridgehead atoms. The summed E-state index contributed by atoms with van der Waals surface area (Å²) in [5.74, 6) is -1.56. The third-order valence-corrected chi connectivity index (χ3v) is 4.76. The zero-order chi connectivity index (χ0) is 21.2. The van der Waals surface area contributed by atoms with E-state index < -0.39 is 23.8 Å². The van der Waals surface area contributed by atoms with Gasteiger partial charge < -0.3 is 20.7 Å². The fraction of sp³-hybridized carbons (Fsp3) is 0.450. The monoisotopic (exact) mass is 402 g/mol. The molecule has 2 rings (SSSR count). The van der Waals surface area contributed by atoms with Crippen molar-refractivity contribution in [1.29, 1.82) is 0 Å². The number of likely N-dealkylation sites (N-methyl/N-ethyl adjacent to an activating group) is 1. The molecule has 9 heteroatoms. The molecule has 0 saturated carbocycles. The number of unbranched alkanes of at least 4 members (excludes halogenated alkanes) is 2. The van der Waals surface area contributed by atoms with Crippen molar-refractivity contribution in [2.75, 3.05) is 25.5 Å². The lowest BCUT2D eigenvalue weighted by Crippen LogP contribution is -2.48. The van der Waals surface area contributed by atoms with E-state index in [1.165, 1.54) is 7.05 Å². The van der Waals surface area contributed by atoms with Gasteiger partial charge in [-0.3, -0.25) is 24.1 Å². The van der Waals surface area contributed by atoms with Crippen molar-refractivity contribution in [3.63, 3.8) is 0 Å². The summed E-state index contributed by atoms with van der Waals surface area (Å²) in [6.45, 7) is 1.22. The first kappa shape index (κ1) is 22.1. The minimum absolute atomic E-state index is 0.0650. The number of fused-ring (bicyclic) bond motifs is 1. The second-order valence-electron chi connectivity index (χ2n) is 6.64. The molecule has 1 aromatic rings. The Hall–Kier alpha value is -3.23. The van der Waals surface area contributed by atoms with Crippen LogP contribution in [-0.2, 0) is 14.4 Å². The van der Waals surface area contributed by atoms with Crippen LogP contribution in [0.3, 0.4) is 0 Å². The Morgan fingerprint density at radius 1 is 1.10 bits per heavy atom. The highest BCUT2D eigenvalue weighted by Crippen LogP contribution is 2.31. The quantitative estimate of drug-likeness (QED) is 0.253. The van der Waals surface area contributed by atoms with E-state index in [1.807, 2.05) is 0 Å². The van der Waals surface area contributed by atoms with E-state index in [2.05, 4.69) is 16.0 Å². The van der Waals surface area contributed by atoms with Crippen molar-refractivity contribution in [3.05, 3.63) is 29.3 Å². The Morgan fingerprint density at radius 3 is 2.55 bits per heavy atom. The largest absolute Gasteiger partial charge is 0.384 e. The fourth-order valence-electron chi connectivity index (χ4n) is 3.31. The number of carbonyl (C=O) groups is 5. The van der Waals surface area contributed by atoms with Crippen LogP contribution >= 0.6 is 0 Å². The maximum Gasteiger partial charge on any atom is 0.264 e. The molecule has 0 fully saturated rings. The van der Waals surface area contributed by atoms with Crippen LogP contribution in [0.25, 0.3) is 0 Å². The number of carbonyl (C=O) groups excluding carboxylic acids is 5. The van der Waals surface area contributed by atoms with Crippen LogP contribution in [0.15, 0.2) is 18.2 Å². The number of benzene rings is 1. The number of rotatable bonds is 13. The first-order valence-electron chi connectivity index (χ1n) is 9.63. The van der Waals surface area contributed by atoms with Crippen LogP contribution in [0.2, 0.25) is 0 Å². The van der Waals surface area contributed by atoms with E-state index >= 15 is 0 Å². The lowest BCUT2D eigenvalue weighted by molar-refractivity contribution is -0.124. The normalized spacial score (nSPS) is 13.6. The van der Waals surface area contributed by atoms with E-state index in [1.54, 1.807) is 18.2 Å². The summed E-state index contributed by atoms with van der Waals surface area (Å²) >= 11 is 0. The molecule has 1 atom stereocenters. The number of nitrogens with zero attached hydrogens (tertiary/aromatic N) is 1. The van der Waals surface area contributed by atoms with Gasteiger partial charge in [-0.2, -0.15) is 0 Å². The van der Waals surface area contributed by atoms with E-state index in [4.69, 9.17) is 0 Å². The van der Waals surface area contributed by atoms with Crippen LogP contribution in [0.5, 0.6) is 0 Å². The Morgan fingerprint density at radius 2 is 1.86 bits per heavy atom. The molecule has 156 valence electrons. The predicted octanol–water partition coefficient (Wildman–Crippen LogP) is 0.704. The van der Waals surface area contributed by atoms with Crippen molar-refractivity contribution in [3.8, 4) is 0 Å². The van der Waals surface area contributed by atoms with Crippen molar-refractivity contribution < 1.29 is 24.0 Å². The number of amides is 4. The molecule has 0 radical (unpaired) electrons. The van der Waals surface area contributed by atoms with Gasteiger partial charge in [-0.15, -0.1) is 0 Å². The molecule has 0 saturated heterocycles. The molecule has 0 aliphatic carbocycles. The average Bonchev–Trinajstić information content (AvgIpc) is 2.99. The summed E-state index contributed by atoms with van der Waals surface area (Å²) in [5.41, 5.74) is 1.04. The van der Waals surface area contributed by atoms with Crippen LogP contribution in [-0.4, -0.2) is 61.5 Å². The summed E-state index contributed by atoms with van der Waals surface area (Å²) < 4.78 is 0. The Bertz CT molecular complexity index is 780. The highest BCUT2D eigenvalue weighted by Gasteiger charge is 2.43. The first-order chi connectivity index (χ1) is 14.1. The predicted molar refractivity (Wildman–Crippen MR) is 107 cm³/mol. The van der Waals surface area contributed by atoms with Gasteiger partial charge >= 0.3 is 0 Å². The van der Waals surface area contributed by atoms with Crippen LogP contribution in [0, 0.1) is 0 Å². The molecule has 1 unspecified atom stereocenters. The number of anilines is 1. The number of aldehydes is 1. The second-order valence-corrected chi connectivity index (χ2v) is 6.64. The molecule has 3 N–H and O–H groups in total. The second kappa shape index (κ2) is 10.9. The molecule has 1 aliphatic rings. The van der Waals surface area contributed by atoms with Gasteiger partial charge in [0.2, 0.25) is 12.3 Å². The topological polar surface area (TPSA) is 125 Å². The van der Waals surface area contributed by atoms with Gasteiger partial charge in [0.15, 0.2) is 0 Å². The summed E-state index contributed by atoms with van der Waals surface area (Å²) in [6, 6.07) is 3.94. The zero-order valence-electron chi connectivity index (χ0n) is 16.4. The lowest BCUT2D eigenvalue weighted by Gasteiger charge is -2.24.